The maximum Gasteiger partial charge on any atom is 0.224 e. The van der Waals surface area contributed by atoms with E-state index in [1.165, 1.54) is 40.0 Å². The van der Waals surface area contributed by atoms with Crippen molar-refractivity contribution in [1.29, 1.82) is 0 Å². The van der Waals surface area contributed by atoms with E-state index in [0.717, 1.165) is 13.0 Å². The second-order valence-corrected chi connectivity index (χ2v) is 11.0. The van der Waals surface area contributed by atoms with Gasteiger partial charge >= 0.3 is 0 Å². The third kappa shape index (κ3) is 3.23. The summed E-state index contributed by atoms with van der Waals surface area (Å²) in [6.45, 7) is 1.05. The van der Waals surface area contributed by atoms with Gasteiger partial charge in [-0.05, 0) is 47.2 Å². The molecule has 4 aromatic rings. The van der Waals surface area contributed by atoms with Crippen molar-refractivity contribution in [3.63, 3.8) is 0 Å². The van der Waals surface area contributed by atoms with Crippen molar-refractivity contribution in [1.82, 2.24) is 4.67 Å². The lowest BCUT2D eigenvalue weighted by Gasteiger charge is -2.36. The van der Waals surface area contributed by atoms with Gasteiger partial charge < -0.3 is 4.52 Å². The van der Waals surface area contributed by atoms with Gasteiger partial charge in [-0.2, -0.15) is 0 Å². The number of anilines is 2. The van der Waals surface area contributed by atoms with Crippen LogP contribution in [-0.4, -0.2) is 17.3 Å². The summed E-state index contributed by atoms with van der Waals surface area (Å²) in [5.41, 5.74) is 6.84. The van der Waals surface area contributed by atoms with Crippen LogP contribution in [0.3, 0.4) is 0 Å². The summed E-state index contributed by atoms with van der Waals surface area (Å²) in [6, 6.07) is 39.4. The monoisotopic (exact) mass is 474 g/mol. The number of rotatable bonds is 3. The van der Waals surface area contributed by atoms with E-state index in [-0.39, 0.29) is 6.04 Å². The van der Waals surface area contributed by atoms with Gasteiger partial charge in [0.2, 0.25) is 8.45 Å². The summed E-state index contributed by atoms with van der Waals surface area (Å²) in [6.07, 6.45) is 6.78. The number of benzene rings is 4. The summed E-state index contributed by atoms with van der Waals surface area (Å²) in [7, 11) is -1.10. The highest BCUT2D eigenvalue weighted by Crippen LogP contribution is 2.69. The minimum absolute atomic E-state index is 0.286. The minimum atomic E-state index is -1.10. The fourth-order valence-electron chi connectivity index (χ4n) is 5.93. The van der Waals surface area contributed by atoms with Gasteiger partial charge in [-0.15, -0.1) is 0 Å². The Labute approximate surface area is 208 Å². The molecule has 0 saturated carbocycles. The van der Waals surface area contributed by atoms with Gasteiger partial charge in [-0.3, -0.25) is 4.67 Å². The molecule has 2 fully saturated rings. The molecule has 0 aromatic heterocycles. The minimum Gasteiger partial charge on any atom is -0.309 e. The fourth-order valence-corrected chi connectivity index (χ4v) is 8.50. The molecule has 2 saturated heterocycles. The van der Waals surface area contributed by atoms with Crippen LogP contribution in [0.2, 0.25) is 0 Å². The van der Waals surface area contributed by atoms with Gasteiger partial charge in [0.05, 0.1) is 17.4 Å². The highest BCUT2D eigenvalue weighted by atomic mass is 31.2. The molecular weight excluding hydrogens is 447 g/mol. The van der Waals surface area contributed by atoms with Crippen molar-refractivity contribution in [2.24, 2.45) is 0 Å². The first-order valence-corrected chi connectivity index (χ1v) is 13.6. The van der Waals surface area contributed by atoms with Crippen LogP contribution < -0.4 is 4.67 Å². The standard InChI is InChI=1S/C31H27N2OP/c1-3-14-26(15-4-1)31(27-16-5-2-6-17-27)30-20-11-23-32(30)35(34-31)33-28-18-9-7-12-24(28)21-22-25-13-8-10-19-29(25)33/h1-10,12-19,21-22,30H,11,20,23H2/t30-,35?/m0/s1. The number of para-hydroxylation sites is 2. The van der Waals surface area contributed by atoms with E-state index in [4.69, 9.17) is 4.52 Å². The predicted molar refractivity (Wildman–Crippen MR) is 145 cm³/mol. The molecule has 0 aliphatic carbocycles. The second-order valence-electron chi connectivity index (χ2n) is 9.40. The Kier molecular flexibility index (Phi) is 5.10. The largest absolute Gasteiger partial charge is 0.309 e. The Balaban J connectivity index is 1.45. The topological polar surface area (TPSA) is 15.7 Å². The molecule has 3 aliphatic heterocycles. The highest BCUT2D eigenvalue weighted by molar-refractivity contribution is 7.52. The summed E-state index contributed by atoms with van der Waals surface area (Å²) < 4.78 is 12.6. The quantitative estimate of drug-likeness (QED) is 0.280. The normalized spacial score (nSPS) is 22.3. The van der Waals surface area contributed by atoms with Gasteiger partial charge in [0.25, 0.3) is 0 Å². The summed E-state index contributed by atoms with van der Waals surface area (Å²) in [5.74, 6) is 0. The Morgan fingerprint density at radius 2 is 1.17 bits per heavy atom. The molecule has 0 bridgehead atoms. The van der Waals surface area contributed by atoms with Gasteiger partial charge in [-0.25, -0.2) is 4.67 Å². The second kappa shape index (κ2) is 8.46. The Bertz CT molecular complexity index is 1300. The zero-order valence-electron chi connectivity index (χ0n) is 19.5. The molecule has 3 nitrogen and oxygen atoms in total. The SMILES string of the molecule is C1=Cc2ccccc2N(P2OC(c3ccccc3)(c3ccccc3)[C@@H]3CCCN32)c2ccccc21. The molecule has 172 valence electrons. The molecule has 7 rings (SSSR count). The maximum atomic E-state index is 7.49. The van der Waals surface area contributed by atoms with Crippen LogP contribution in [0.25, 0.3) is 12.2 Å². The van der Waals surface area contributed by atoms with Gasteiger partial charge in [0.1, 0.15) is 5.60 Å². The number of nitrogens with zero attached hydrogens (tertiary/aromatic N) is 2. The summed E-state index contributed by atoms with van der Waals surface area (Å²) in [5, 5.41) is 0. The third-order valence-electron chi connectivity index (χ3n) is 7.49. The van der Waals surface area contributed by atoms with E-state index in [1.54, 1.807) is 0 Å². The molecule has 0 radical (unpaired) electrons. The molecule has 4 heteroatoms. The van der Waals surface area contributed by atoms with Crippen LogP contribution in [0.15, 0.2) is 109 Å². The average Bonchev–Trinajstić information content (AvgIpc) is 3.49. The van der Waals surface area contributed by atoms with Crippen molar-refractivity contribution >= 4 is 32.0 Å². The molecule has 35 heavy (non-hydrogen) atoms. The molecule has 1 unspecified atom stereocenters. The Morgan fingerprint density at radius 3 is 1.74 bits per heavy atom. The molecule has 2 atom stereocenters. The van der Waals surface area contributed by atoms with Crippen LogP contribution in [0.5, 0.6) is 0 Å². The fraction of sp³-hybridized carbons (Fsp3) is 0.161. The van der Waals surface area contributed by atoms with Crippen molar-refractivity contribution in [2.75, 3.05) is 11.2 Å². The molecule has 0 N–H and O–H groups in total. The lowest BCUT2D eigenvalue weighted by atomic mass is 9.79. The van der Waals surface area contributed by atoms with Crippen LogP contribution >= 0.6 is 8.45 Å². The zero-order chi connectivity index (χ0) is 23.2. The number of hydrogen-bond acceptors (Lipinski definition) is 3. The first-order chi connectivity index (χ1) is 17.4. The molecule has 3 heterocycles. The molecule has 3 aliphatic rings. The molecular formula is C31H27N2OP. The highest BCUT2D eigenvalue weighted by Gasteiger charge is 2.59. The third-order valence-corrected chi connectivity index (χ3v) is 9.63. The summed E-state index contributed by atoms with van der Waals surface area (Å²) >= 11 is 0. The number of fused-ring (bicyclic) bond motifs is 3. The van der Waals surface area contributed by atoms with E-state index in [1.807, 2.05) is 0 Å². The van der Waals surface area contributed by atoms with Gasteiger partial charge in [0, 0.05) is 6.54 Å². The summed E-state index contributed by atoms with van der Waals surface area (Å²) in [4.78, 5) is 0. The van der Waals surface area contributed by atoms with Gasteiger partial charge in [0.15, 0.2) is 0 Å². The van der Waals surface area contributed by atoms with E-state index < -0.39 is 14.1 Å². The lowest BCUT2D eigenvalue weighted by molar-refractivity contribution is 0.113. The van der Waals surface area contributed by atoms with E-state index in [9.17, 15) is 0 Å². The predicted octanol–water partition coefficient (Wildman–Crippen LogP) is 7.97. The molecule has 4 aromatic carbocycles. The van der Waals surface area contributed by atoms with E-state index >= 15 is 0 Å². The van der Waals surface area contributed by atoms with Crippen molar-refractivity contribution in [3.8, 4) is 0 Å². The lowest BCUT2D eigenvalue weighted by Crippen LogP contribution is -2.40. The van der Waals surface area contributed by atoms with Crippen molar-refractivity contribution < 1.29 is 4.52 Å². The smallest absolute Gasteiger partial charge is 0.224 e. The first-order valence-electron chi connectivity index (χ1n) is 12.4. The van der Waals surface area contributed by atoms with Crippen LogP contribution in [0, 0.1) is 0 Å². The van der Waals surface area contributed by atoms with E-state index in [2.05, 4.69) is 131 Å². The Morgan fingerprint density at radius 1 is 0.657 bits per heavy atom. The maximum absolute atomic E-state index is 7.49. The molecule has 0 amide bonds. The molecule has 0 spiro atoms. The van der Waals surface area contributed by atoms with Crippen molar-refractivity contribution in [3.05, 3.63) is 131 Å². The van der Waals surface area contributed by atoms with Crippen molar-refractivity contribution in [2.45, 2.75) is 24.5 Å². The average molecular weight is 475 g/mol. The first kappa shape index (κ1) is 21.1. The Hall–Kier alpha value is -3.23. The van der Waals surface area contributed by atoms with Crippen LogP contribution in [-0.2, 0) is 10.1 Å². The zero-order valence-corrected chi connectivity index (χ0v) is 20.4. The van der Waals surface area contributed by atoms with Gasteiger partial charge in [-0.1, -0.05) is 109 Å². The number of hydrogen-bond donors (Lipinski definition) is 0. The van der Waals surface area contributed by atoms with Crippen LogP contribution in [0.1, 0.15) is 35.1 Å². The van der Waals surface area contributed by atoms with E-state index in [0.29, 0.717) is 0 Å². The van der Waals surface area contributed by atoms with Crippen LogP contribution in [0.4, 0.5) is 11.4 Å².